The van der Waals surface area contributed by atoms with E-state index in [4.69, 9.17) is 24.4 Å². The van der Waals surface area contributed by atoms with E-state index in [1.54, 1.807) is 39.8 Å². The summed E-state index contributed by atoms with van der Waals surface area (Å²) in [5, 5.41) is 12.9. The highest BCUT2D eigenvalue weighted by molar-refractivity contribution is 7.15. The van der Waals surface area contributed by atoms with Gasteiger partial charge in [0.2, 0.25) is 0 Å². The fourth-order valence-corrected chi connectivity index (χ4v) is 6.92. The largest absolute Gasteiger partial charge is 0.462 e. The van der Waals surface area contributed by atoms with Crippen LogP contribution in [0.1, 0.15) is 85.8 Å². The molecule has 0 saturated carbocycles. The molecule has 0 amide bonds. The number of hydrogen-bond donors (Lipinski definition) is 0. The molecule has 3 heterocycles. The molecule has 10 nitrogen and oxygen atoms in total. The Balaban J connectivity index is 1.94. The van der Waals surface area contributed by atoms with Crippen molar-refractivity contribution in [1.82, 2.24) is 9.97 Å². The van der Waals surface area contributed by atoms with Gasteiger partial charge in [-0.2, -0.15) is 0 Å². The fraction of sp³-hybridized carbons (Fsp3) is 0.370. The van der Waals surface area contributed by atoms with Gasteiger partial charge in [0.05, 0.1) is 35.4 Å². The van der Waals surface area contributed by atoms with Gasteiger partial charge in [-0.05, 0) is 47.1 Å². The Morgan fingerprint density at radius 3 is 2.18 bits per heavy atom. The number of nitro groups is 1. The predicted octanol–water partition coefficient (Wildman–Crippen LogP) is 6.25. The lowest BCUT2D eigenvalue weighted by atomic mass is 9.76. The normalized spacial score (nSPS) is 17.1. The van der Waals surface area contributed by atoms with Gasteiger partial charge in [0.15, 0.2) is 0 Å². The van der Waals surface area contributed by atoms with Crippen LogP contribution in [0.15, 0.2) is 35.0 Å². The molecular formula is C27H28N4O6S2. The fourth-order valence-electron chi connectivity index (χ4n) is 4.66. The molecular weight excluding hydrogens is 540 g/mol. The van der Waals surface area contributed by atoms with Crippen molar-refractivity contribution < 1.29 is 24.0 Å². The van der Waals surface area contributed by atoms with Gasteiger partial charge in [-0.25, -0.2) is 19.6 Å². The second-order valence-corrected chi connectivity index (χ2v) is 10.9. The molecule has 12 heteroatoms. The summed E-state index contributed by atoms with van der Waals surface area (Å²) in [7, 11) is 0. The zero-order chi connectivity index (χ0) is 28.4. The first kappa shape index (κ1) is 28.2. The molecule has 0 fully saturated rings. The van der Waals surface area contributed by atoms with Crippen molar-refractivity contribution in [3.63, 3.8) is 0 Å². The van der Waals surface area contributed by atoms with Gasteiger partial charge in [0.25, 0.3) is 5.69 Å². The number of esters is 2. The van der Waals surface area contributed by atoms with E-state index >= 15 is 0 Å². The molecule has 0 saturated heterocycles. The first-order valence-corrected chi connectivity index (χ1v) is 14.0. The average Bonchev–Trinajstić information content (AvgIpc) is 3.46. The van der Waals surface area contributed by atoms with Crippen LogP contribution in [0.3, 0.4) is 0 Å². The van der Waals surface area contributed by atoms with Crippen LogP contribution >= 0.6 is 22.7 Å². The number of ether oxygens (including phenoxy) is 2. The van der Waals surface area contributed by atoms with Crippen LogP contribution in [0, 0.1) is 24.0 Å². The average molecular weight is 569 g/mol. The molecule has 0 radical (unpaired) electrons. The number of non-ortho nitro benzene ring substituents is 1. The maximum Gasteiger partial charge on any atom is 0.350 e. The van der Waals surface area contributed by atoms with Crippen LogP contribution in [0.25, 0.3) is 5.57 Å². The number of thiazole rings is 2. The number of rotatable bonds is 8. The van der Waals surface area contributed by atoms with Gasteiger partial charge in [-0.15, -0.1) is 22.7 Å². The van der Waals surface area contributed by atoms with Crippen molar-refractivity contribution in [3.05, 3.63) is 76.8 Å². The molecule has 3 aromatic rings. The molecule has 1 aliphatic heterocycles. The Bertz CT molecular complexity index is 1520. The summed E-state index contributed by atoms with van der Waals surface area (Å²) >= 11 is 2.44. The standard InChI is InChI=1S/C27H28N4O6S2/c1-7-36-26(32)22-15(5)29-24(38-22)19-13(3)28-14(4)20(21(19)17-10-9-11-18(12-17)31(34)35)25-30-16(6)23(39-25)27(33)37-8-2/h9-12,19,21H,7-8H2,1-6H3. The zero-order valence-electron chi connectivity index (χ0n) is 22.4. The molecule has 39 heavy (non-hydrogen) atoms. The Labute approximate surface area is 233 Å². The van der Waals surface area contributed by atoms with E-state index in [1.807, 2.05) is 19.9 Å². The molecule has 1 aromatic carbocycles. The summed E-state index contributed by atoms with van der Waals surface area (Å²) in [6.07, 6.45) is 0. The second kappa shape index (κ2) is 11.5. The van der Waals surface area contributed by atoms with Crippen LogP contribution < -0.4 is 0 Å². The number of allylic oxidation sites excluding steroid dienone is 2. The molecule has 2 unspecified atom stereocenters. The Kier molecular flexibility index (Phi) is 8.36. The van der Waals surface area contributed by atoms with Crippen LogP contribution in [0.5, 0.6) is 0 Å². The van der Waals surface area contributed by atoms with E-state index in [2.05, 4.69) is 0 Å². The predicted molar refractivity (Wildman–Crippen MR) is 150 cm³/mol. The first-order valence-electron chi connectivity index (χ1n) is 12.4. The topological polar surface area (TPSA) is 134 Å². The van der Waals surface area contributed by atoms with Crippen molar-refractivity contribution in [1.29, 1.82) is 0 Å². The Morgan fingerprint density at radius 1 is 0.949 bits per heavy atom. The number of aromatic nitrogens is 2. The summed E-state index contributed by atoms with van der Waals surface area (Å²) in [6.45, 7) is 11.2. The van der Waals surface area contributed by atoms with E-state index in [1.165, 1.54) is 28.7 Å². The highest BCUT2D eigenvalue weighted by Gasteiger charge is 2.40. The van der Waals surface area contributed by atoms with Gasteiger partial charge in [-0.1, -0.05) is 12.1 Å². The van der Waals surface area contributed by atoms with Gasteiger partial charge in [-0.3, -0.25) is 15.1 Å². The molecule has 0 spiro atoms. The van der Waals surface area contributed by atoms with Crippen LogP contribution in [0.4, 0.5) is 5.69 Å². The third-order valence-electron chi connectivity index (χ3n) is 6.30. The highest BCUT2D eigenvalue weighted by atomic mass is 32.1. The second-order valence-electron chi connectivity index (χ2n) is 8.90. The SMILES string of the molecule is CCOC(=O)c1sc(C2=C(C)N=C(C)C(c3nc(C)c(C(=O)OCC)s3)C2c2cccc([N+](=O)[O-])c2)nc1C. The molecule has 4 rings (SSSR count). The minimum absolute atomic E-state index is 0.0477. The van der Waals surface area contributed by atoms with Crippen molar-refractivity contribution in [2.24, 2.45) is 4.99 Å². The van der Waals surface area contributed by atoms with Gasteiger partial charge < -0.3 is 9.47 Å². The number of carbonyl (C=O) groups excluding carboxylic acids is 2. The highest BCUT2D eigenvalue weighted by Crippen LogP contribution is 2.50. The minimum Gasteiger partial charge on any atom is -0.462 e. The summed E-state index contributed by atoms with van der Waals surface area (Å²) in [5.74, 6) is -1.81. The summed E-state index contributed by atoms with van der Waals surface area (Å²) in [6, 6.07) is 6.46. The molecule has 0 bridgehead atoms. The van der Waals surface area contributed by atoms with Crippen LogP contribution in [-0.2, 0) is 9.47 Å². The Morgan fingerprint density at radius 2 is 1.56 bits per heavy atom. The smallest absolute Gasteiger partial charge is 0.350 e. The lowest BCUT2D eigenvalue weighted by Gasteiger charge is -2.32. The number of benzene rings is 1. The number of hydrogen-bond acceptors (Lipinski definition) is 11. The number of aryl methyl sites for hydroxylation is 2. The van der Waals surface area contributed by atoms with Gasteiger partial charge >= 0.3 is 11.9 Å². The van der Waals surface area contributed by atoms with Crippen molar-refractivity contribution in [2.75, 3.05) is 13.2 Å². The summed E-state index contributed by atoms with van der Waals surface area (Å²) in [4.78, 5) is 51.5. The monoisotopic (exact) mass is 568 g/mol. The molecule has 0 N–H and O–H groups in total. The third-order valence-corrected chi connectivity index (χ3v) is 8.69. The van der Waals surface area contributed by atoms with Crippen molar-refractivity contribution in [2.45, 2.75) is 53.4 Å². The zero-order valence-corrected chi connectivity index (χ0v) is 24.1. The van der Waals surface area contributed by atoms with Gasteiger partial charge in [0.1, 0.15) is 19.8 Å². The first-order chi connectivity index (χ1) is 18.6. The van der Waals surface area contributed by atoms with Crippen LogP contribution in [0.2, 0.25) is 0 Å². The van der Waals surface area contributed by atoms with E-state index in [0.717, 1.165) is 11.3 Å². The van der Waals surface area contributed by atoms with E-state index in [-0.39, 0.29) is 18.9 Å². The van der Waals surface area contributed by atoms with Gasteiger partial charge in [0, 0.05) is 35.0 Å². The lowest BCUT2D eigenvalue weighted by molar-refractivity contribution is -0.384. The molecule has 2 aromatic heterocycles. The van der Waals surface area contributed by atoms with E-state index in [0.29, 0.717) is 42.4 Å². The third kappa shape index (κ3) is 5.52. The van der Waals surface area contributed by atoms with E-state index < -0.39 is 28.7 Å². The number of nitro benzene ring substituents is 1. The van der Waals surface area contributed by atoms with Crippen molar-refractivity contribution >= 4 is 51.6 Å². The van der Waals surface area contributed by atoms with E-state index in [9.17, 15) is 19.7 Å². The molecule has 2 atom stereocenters. The number of nitrogens with zero attached hydrogens (tertiary/aromatic N) is 4. The minimum atomic E-state index is -0.469. The molecule has 204 valence electrons. The Hall–Kier alpha value is -3.77. The maximum atomic E-state index is 12.6. The van der Waals surface area contributed by atoms with Crippen LogP contribution in [-0.4, -0.2) is 45.8 Å². The summed E-state index contributed by atoms with van der Waals surface area (Å²) < 4.78 is 10.4. The lowest BCUT2D eigenvalue weighted by Crippen LogP contribution is -2.24. The quantitative estimate of drug-likeness (QED) is 0.177. The molecule has 1 aliphatic rings. The number of aliphatic imine (C=N–C) groups is 1. The van der Waals surface area contributed by atoms with Crippen molar-refractivity contribution in [3.8, 4) is 0 Å². The maximum absolute atomic E-state index is 12.6. The number of carbonyl (C=O) groups is 2. The molecule has 0 aliphatic carbocycles. The summed E-state index contributed by atoms with van der Waals surface area (Å²) in [5.41, 5.74) is 3.87.